The molecule has 1 N–H and O–H groups in total. The lowest BCUT2D eigenvalue weighted by atomic mass is 10.3. The number of hydrogen-bond acceptors (Lipinski definition) is 4. The number of β-amino-alcohol motifs (C(OH)–C–C–N with tert-alkyl or cyclic N) is 1. The smallest absolute Gasteiger partial charge is 0.274 e. The van der Waals surface area contributed by atoms with Crippen molar-refractivity contribution in [3.05, 3.63) is 24.3 Å². The number of nitrogens with zero attached hydrogens (tertiary/aromatic N) is 3. The highest BCUT2D eigenvalue weighted by Gasteiger charge is 2.25. The number of amides is 1. The quantitative estimate of drug-likeness (QED) is 0.664. The van der Waals surface area contributed by atoms with Gasteiger partial charge in [-0.25, -0.2) is 4.98 Å². The van der Waals surface area contributed by atoms with Crippen molar-refractivity contribution in [3.8, 4) is 0 Å². The molecule has 74 valence electrons. The summed E-state index contributed by atoms with van der Waals surface area (Å²) in [6, 6.07) is 0. The third-order valence-corrected chi connectivity index (χ3v) is 2.23. The third-order valence-electron chi connectivity index (χ3n) is 2.23. The van der Waals surface area contributed by atoms with Gasteiger partial charge < -0.3 is 10.0 Å². The van der Waals surface area contributed by atoms with E-state index in [1.54, 1.807) is 4.90 Å². The number of aromatic nitrogens is 2. The van der Waals surface area contributed by atoms with Crippen LogP contribution in [-0.2, 0) is 0 Å². The summed E-state index contributed by atoms with van der Waals surface area (Å²) in [5.74, 6) is -0.158. The molecule has 0 aromatic carbocycles. The summed E-state index contributed by atoms with van der Waals surface area (Å²) < 4.78 is 0. The first kappa shape index (κ1) is 9.08. The molecular weight excluding hydrogens is 182 g/mol. The van der Waals surface area contributed by atoms with Crippen molar-refractivity contribution in [2.45, 2.75) is 12.5 Å². The highest BCUT2D eigenvalue weighted by atomic mass is 16.3. The Balaban J connectivity index is 2.10. The van der Waals surface area contributed by atoms with Crippen molar-refractivity contribution in [1.29, 1.82) is 0 Å². The topological polar surface area (TPSA) is 66.3 Å². The minimum Gasteiger partial charge on any atom is -0.391 e. The molecule has 0 saturated carbocycles. The van der Waals surface area contributed by atoms with Gasteiger partial charge >= 0.3 is 0 Å². The van der Waals surface area contributed by atoms with E-state index in [-0.39, 0.29) is 5.91 Å². The molecule has 1 aliphatic heterocycles. The van der Waals surface area contributed by atoms with Crippen LogP contribution in [-0.4, -0.2) is 45.1 Å². The number of rotatable bonds is 1. The second-order valence-corrected chi connectivity index (χ2v) is 3.28. The molecule has 5 nitrogen and oxygen atoms in total. The van der Waals surface area contributed by atoms with Crippen LogP contribution >= 0.6 is 0 Å². The lowest BCUT2D eigenvalue weighted by Crippen LogP contribution is -2.30. The van der Waals surface area contributed by atoms with Crippen LogP contribution in [0.4, 0.5) is 0 Å². The van der Waals surface area contributed by atoms with Gasteiger partial charge in [0.05, 0.1) is 12.3 Å². The van der Waals surface area contributed by atoms with E-state index in [2.05, 4.69) is 9.97 Å². The molecule has 1 aliphatic rings. The second-order valence-electron chi connectivity index (χ2n) is 3.28. The van der Waals surface area contributed by atoms with E-state index >= 15 is 0 Å². The number of carbonyl (C=O) groups excluding carboxylic acids is 1. The molecule has 1 atom stereocenters. The molecule has 1 saturated heterocycles. The SMILES string of the molecule is O=C(c1cnccn1)N1CCC(O)C1. The molecule has 0 spiro atoms. The van der Waals surface area contributed by atoms with Crippen LogP contribution in [0.15, 0.2) is 18.6 Å². The first-order valence-electron chi connectivity index (χ1n) is 4.51. The van der Waals surface area contributed by atoms with Gasteiger partial charge in [-0.15, -0.1) is 0 Å². The standard InChI is InChI=1S/C9H11N3O2/c13-7-1-4-12(6-7)9(14)8-5-10-2-3-11-8/h2-3,5,7,13H,1,4,6H2. The summed E-state index contributed by atoms with van der Waals surface area (Å²) >= 11 is 0. The van der Waals surface area contributed by atoms with Crippen LogP contribution in [0.5, 0.6) is 0 Å². The van der Waals surface area contributed by atoms with E-state index in [0.717, 1.165) is 0 Å². The van der Waals surface area contributed by atoms with Gasteiger partial charge in [0.25, 0.3) is 5.91 Å². The Bertz CT molecular complexity index is 328. The van der Waals surface area contributed by atoms with Crippen LogP contribution in [0.3, 0.4) is 0 Å². The summed E-state index contributed by atoms with van der Waals surface area (Å²) in [6.07, 6.45) is 4.70. The highest BCUT2D eigenvalue weighted by molar-refractivity contribution is 5.92. The number of hydrogen-bond donors (Lipinski definition) is 1. The fourth-order valence-electron chi connectivity index (χ4n) is 1.50. The molecule has 1 unspecified atom stereocenters. The lowest BCUT2D eigenvalue weighted by Gasteiger charge is -2.13. The van der Waals surface area contributed by atoms with Gasteiger partial charge in [0.1, 0.15) is 5.69 Å². The van der Waals surface area contributed by atoms with Crippen molar-refractivity contribution < 1.29 is 9.90 Å². The molecule has 0 aliphatic carbocycles. The van der Waals surface area contributed by atoms with Gasteiger partial charge in [-0.05, 0) is 6.42 Å². The molecule has 2 rings (SSSR count). The maximum Gasteiger partial charge on any atom is 0.274 e. The largest absolute Gasteiger partial charge is 0.391 e. The molecule has 1 aromatic rings. The van der Waals surface area contributed by atoms with Gasteiger partial charge in [-0.3, -0.25) is 9.78 Å². The van der Waals surface area contributed by atoms with E-state index in [1.165, 1.54) is 18.6 Å². The van der Waals surface area contributed by atoms with Crippen LogP contribution < -0.4 is 0 Å². The average Bonchev–Trinajstić information content (AvgIpc) is 2.65. The van der Waals surface area contributed by atoms with Gasteiger partial charge in [0.15, 0.2) is 0 Å². The van der Waals surface area contributed by atoms with Crippen LogP contribution in [0.2, 0.25) is 0 Å². The first-order valence-corrected chi connectivity index (χ1v) is 4.51. The molecule has 1 aromatic heterocycles. The van der Waals surface area contributed by atoms with Crippen molar-refractivity contribution >= 4 is 5.91 Å². The van der Waals surface area contributed by atoms with Crippen LogP contribution in [0.1, 0.15) is 16.9 Å². The Kier molecular flexibility index (Phi) is 2.41. The fourth-order valence-corrected chi connectivity index (χ4v) is 1.50. The van der Waals surface area contributed by atoms with Gasteiger partial charge in [-0.1, -0.05) is 0 Å². The first-order chi connectivity index (χ1) is 6.77. The van der Waals surface area contributed by atoms with E-state index in [0.29, 0.717) is 25.2 Å². The zero-order valence-electron chi connectivity index (χ0n) is 7.63. The minimum absolute atomic E-state index is 0.158. The maximum absolute atomic E-state index is 11.7. The second kappa shape index (κ2) is 3.71. The predicted octanol–water partition coefficient (Wildman–Crippen LogP) is -0.317. The van der Waals surface area contributed by atoms with Crippen LogP contribution in [0.25, 0.3) is 0 Å². The molecule has 0 radical (unpaired) electrons. The molecule has 14 heavy (non-hydrogen) atoms. The van der Waals surface area contributed by atoms with E-state index in [1.807, 2.05) is 0 Å². The van der Waals surface area contributed by atoms with Crippen molar-refractivity contribution in [2.24, 2.45) is 0 Å². The van der Waals surface area contributed by atoms with Gasteiger partial charge in [-0.2, -0.15) is 0 Å². The Hall–Kier alpha value is -1.49. The summed E-state index contributed by atoms with van der Waals surface area (Å²) in [5, 5.41) is 9.27. The number of aliphatic hydroxyl groups is 1. The minimum atomic E-state index is -0.393. The third kappa shape index (κ3) is 1.72. The highest BCUT2D eigenvalue weighted by Crippen LogP contribution is 2.11. The van der Waals surface area contributed by atoms with Gasteiger partial charge in [0.2, 0.25) is 0 Å². The molecule has 2 heterocycles. The molecular formula is C9H11N3O2. The van der Waals surface area contributed by atoms with Crippen molar-refractivity contribution in [1.82, 2.24) is 14.9 Å². The average molecular weight is 193 g/mol. The monoisotopic (exact) mass is 193 g/mol. The normalized spacial score (nSPS) is 21.2. The Morgan fingerprint density at radius 3 is 3.00 bits per heavy atom. The molecule has 5 heteroatoms. The zero-order chi connectivity index (χ0) is 9.97. The maximum atomic E-state index is 11.7. The lowest BCUT2D eigenvalue weighted by molar-refractivity contribution is 0.0759. The number of aliphatic hydroxyl groups excluding tert-OH is 1. The fraction of sp³-hybridized carbons (Fsp3) is 0.444. The van der Waals surface area contributed by atoms with E-state index < -0.39 is 6.10 Å². The summed E-state index contributed by atoms with van der Waals surface area (Å²) in [4.78, 5) is 21.0. The Labute approximate surface area is 81.4 Å². The van der Waals surface area contributed by atoms with Crippen molar-refractivity contribution in [3.63, 3.8) is 0 Å². The Morgan fingerprint density at radius 1 is 1.57 bits per heavy atom. The van der Waals surface area contributed by atoms with E-state index in [9.17, 15) is 9.90 Å². The van der Waals surface area contributed by atoms with Crippen LogP contribution in [0, 0.1) is 0 Å². The summed E-state index contributed by atoms with van der Waals surface area (Å²) in [7, 11) is 0. The zero-order valence-corrected chi connectivity index (χ0v) is 7.63. The number of carbonyl (C=O) groups is 1. The summed E-state index contributed by atoms with van der Waals surface area (Å²) in [5.41, 5.74) is 0.335. The predicted molar refractivity (Wildman–Crippen MR) is 48.6 cm³/mol. The summed E-state index contributed by atoms with van der Waals surface area (Å²) in [6.45, 7) is 0.992. The molecule has 1 amide bonds. The molecule has 0 bridgehead atoms. The number of likely N-dealkylation sites (tertiary alicyclic amines) is 1. The Morgan fingerprint density at radius 2 is 2.43 bits per heavy atom. The molecule has 1 fully saturated rings. The van der Waals surface area contributed by atoms with Crippen molar-refractivity contribution in [2.75, 3.05) is 13.1 Å². The van der Waals surface area contributed by atoms with E-state index in [4.69, 9.17) is 0 Å². The van der Waals surface area contributed by atoms with Gasteiger partial charge in [0, 0.05) is 25.5 Å².